The Morgan fingerprint density at radius 2 is 2.16 bits per heavy atom. The molecule has 0 bridgehead atoms. The van der Waals surface area contributed by atoms with Gasteiger partial charge in [-0.2, -0.15) is 9.78 Å². The van der Waals surface area contributed by atoms with Gasteiger partial charge in [0.05, 0.1) is 29.7 Å². The molecule has 1 aliphatic heterocycles. The van der Waals surface area contributed by atoms with E-state index < -0.39 is 0 Å². The minimum atomic E-state index is -0.277. The van der Waals surface area contributed by atoms with Crippen LogP contribution < -0.4 is 4.74 Å². The molecule has 1 unspecified atom stereocenters. The molecular formula is C21H18N6O3S2. The Kier molecular flexibility index (Phi) is 5.73. The standard InChI is InChI=1S/C21H18N6O3S2/c1-29-17-7-3-2-6-15(17)27-21(22-24-25-27)32-13-20(28)26-16(18-8-4-10-30-18)12-14(23-26)19-9-5-11-31-19/h2-11,16H,12-13H2,1H3. The predicted molar refractivity (Wildman–Crippen MR) is 120 cm³/mol. The zero-order valence-corrected chi connectivity index (χ0v) is 18.6. The zero-order valence-electron chi connectivity index (χ0n) is 17.0. The minimum absolute atomic E-state index is 0.119. The molecule has 0 saturated heterocycles. The first-order valence-corrected chi connectivity index (χ1v) is 11.6. The fourth-order valence-electron chi connectivity index (χ4n) is 3.45. The van der Waals surface area contributed by atoms with Gasteiger partial charge in [0.25, 0.3) is 5.91 Å². The summed E-state index contributed by atoms with van der Waals surface area (Å²) in [6.45, 7) is 0. The van der Waals surface area contributed by atoms with Gasteiger partial charge in [0.15, 0.2) is 0 Å². The molecule has 32 heavy (non-hydrogen) atoms. The number of carbonyl (C=O) groups excluding carboxylic acids is 1. The average Bonchev–Trinajstić information content (AvgIpc) is 3.63. The number of ether oxygens (including phenoxy) is 1. The van der Waals surface area contributed by atoms with E-state index in [4.69, 9.17) is 9.15 Å². The number of methoxy groups -OCH3 is 1. The Hall–Kier alpha value is -3.44. The van der Waals surface area contributed by atoms with Gasteiger partial charge in [0.1, 0.15) is 23.2 Å². The molecule has 11 heteroatoms. The molecule has 0 saturated carbocycles. The van der Waals surface area contributed by atoms with Gasteiger partial charge in [-0.15, -0.1) is 16.4 Å². The Bertz CT molecular complexity index is 1240. The Morgan fingerprint density at radius 1 is 1.25 bits per heavy atom. The van der Waals surface area contributed by atoms with Crippen LogP contribution in [0.25, 0.3) is 5.69 Å². The van der Waals surface area contributed by atoms with Crippen LogP contribution in [0.1, 0.15) is 23.1 Å². The molecular weight excluding hydrogens is 448 g/mol. The minimum Gasteiger partial charge on any atom is -0.494 e. The van der Waals surface area contributed by atoms with Gasteiger partial charge in [0.2, 0.25) is 5.16 Å². The monoisotopic (exact) mass is 466 g/mol. The number of hydrogen-bond donors (Lipinski definition) is 0. The van der Waals surface area contributed by atoms with Crippen molar-refractivity contribution in [2.24, 2.45) is 5.10 Å². The molecule has 4 aromatic rings. The Labute approximate surface area is 191 Å². The summed E-state index contributed by atoms with van der Waals surface area (Å²) in [4.78, 5) is 14.2. The first kappa shape index (κ1) is 20.5. The number of hydrogen-bond acceptors (Lipinski definition) is 9. The Balaban J connectivity index is 1.36. The van der Waals surface area contributed by atoms with Crippen molar-refractivity contribution in [1.82, 2.24) is 25.2 Å². The fraction of sp³-hybridized carbons (Fsp3) is 0.190. The van der Waals surface area contributed by atoms with Gasteiger partial charge in [-0.1, -0.05) is 30.0 Å². The highest BCUT2D eigenvalue weighted by atomic mass is 32.2. The SMILES string of the molecule is COc1ccccc1-n1nnnc1SCC(=O)N1N=C(c2cccs2)CC1c1ccco1. The van der Waals surface area contributed by atoms with E-state index in [1.165, 1.54) is 16.8 Å². The number of carbonyl (C=O) groups is 1. The first-order valence-electron chi connectivity index (χ1n) is 9.76. The molecule has 1 aliphatic rings. The van der Waals surface area contributed by atoms with Gasteiger partial charge < -0.3 is 9.15 Å². The molecule has 0 fully saturated rings. The number of nitrogens with zero attached hydrogens (tertiary/aromatic N) is 6. The lowest BCUT2D eigenvalue weighted by Gasteiger charge is -2.19. The van der Waals surface area contributed by atoms with E-state index in [2.05, 4.69) is 20.6 Å². The molecule has 9 nitrogen and oxygen atoms in total. The summed E-state index contributed by atoms with van der Waals surface area (Å²) in [6.07, 6.45) is 2.21. The number of furan rings is 1. The number of amides is 1. The van der Waals surface area contributed by atoms with Gasteiger partial charge in [-0.25, -0.2) is 5.01 Å². The molecule has 0 aliphatic carbocycles. The molecule has 162 valence electrons. The number of thiophene rings is 1. The summed E-state index contributed by atoms with van der Waals surface area (Å²) >= 11 is 2.84. The number of benzene rings is 1. The lowest BCUT2D eigenvalue weighted by Crippen LogP contribution is -2.28. The van der Waals surface area contributed by atoms with Gasteiger partial charge >= 0.3 is 0 Å². The van der Waals surface area contributed by atoms with Crippen molar-refractivity contribution in [2.75, 3.05) is 12.9 Å². The summed E-state index contributed by atoms with van der Waals surface area (Å²) in [5.74, 6) is 1.30. The van der Waals surface area contributed by atoms with Crippen molar-refractivity contribution in [2.45, 2.75) is 17.6 Å². The molecule has 0 spiro atoms. The van der Waals surface area contributed by atoms with Crippen LogP contribution in [0.3, 0.4) is 0 Å². The number of para-hydroxylation sites is 2. The number of rotatable bonds is 7. The zero-order chi connectivity index (χ0) is 21.9. The highest BCUT2D eigenvalue weighted by Gasteiger charge is 2.35. The number of tetrazole rings is 1. The van der Waals surface area contributed by atoms with Gasteiger partial charge in [-0.3, -0.25) is 4.79 Å². The maximum atomic E-state index is 13.2. The van der Waals surface area contributed by atoms with Gasteiger partial charge in [0, 0.05) is 6.42 Å². The van der Waals surface area contributed by atoms with Crippen LogP contribution in [0, 0.1) is 0 Å². The molecule has 1 atom stereocenters. The second-order valence-corrected chi connectivity index (χ2v) is 8.72. The highest BCUT2D eigenvalue weighted by Crippen LogP contribution is 2.35. The lowest BCUT2D eigenvalue weighted by molar-refractivity contribution is -0.130. The smallest absolute Gasteiger partial charge is 0.253 e. The Morgan fingerprint density at radius 3 is 2.94 bits per heavy atom. The fourth-order valence-corrected chi connectivity index (χ4v) is 4.91. The molecule has 5 rings (SSSR count). The maximum absolute atomic E-state index is 13.2. The normalized spacial score (nSPS) is 15.7. The van der Waals surface area contributed by atoms with Crippen LogP contribution in [-0.4, -0.2) is 49.7 Å². The van der Waals surface area contributed by atoms with E-state index in [0.29, 0.717) is 28.8 Å². The van der Waals surface area contributed by atoms with Crippen molar-refractivity contribution < 1.29 is 13.9 Å². The molecule has 3 aromatic heterocycles. The van der Waals surface area contributed by atoms with Gasteiger partial charge in [-0.05, 0) is 46.1 Å². The summed E-state index contributed by atoms with van der Waals surface area (Å²) < 4.78 is 12.6. The second-order valence-electron chi connectivity index (χ2n) is 6.83. The van der Waals surface area contributed by atoms with E-state index in [-0.39, 0.29) is 17.7 Å². The van der Waals surface area contributed by atoms with Crippen molar-refractivity contribution in [1.29, 1.82) is 0 Å². The van der Waals surface area contributed by atoms with Crippen LogP contribution >= 0.6 is 23.1 Å². The van der Waals surface area contributed by atoms with E-state index in [0.717, 1.165) is 10.6 Å². The van der Waals surface area contributed by atoms with Crippen molar-refractivity contribution in [3.05, 3.63) is 70.8 Å². The molecule has 4 heterocycles. The summed E-state index contributed by atoms with van der Waals surface area (Å²) in [7, 11) is 1.59. The topological polar surface area (TPSA) is 98.6 Å². The highest BCUT2D eigenvalue weighted by molar-refractivity contribution is 7.99. The lowest BCUT2D eigenvalue weighted by atomic mass is 10.1. The number of thioether (sulfide) groups is 1. The third-order valence-electron chi connectivity index (χ3n) is 4.92. The summed E-state index contributed by atoms with van der Waals surface area (Å²) in [5, 5.41) is 20.5. The van der Waals surface area contributed by atoms with Crippen LogP contribution in [0.15, 0.2) is 74.8 Å². The first-order chi connectivity index (χ1) is 15.7. The largest absolute Gasteiger partial charge is 0.494 e. The summed E-state index contributed by atoms with van der Waals surface area (Å²) in [6, 6.07) is 14.8. The number of aromatic nitrogens is 4. The van der Waals surface area contributed by atoms with Crippen molar-refractivity contribution in [3.63, 3.8) is 0 Å². The summed E-state index contributed by atoms with van der Waals surface area (Å²) in [5.41, 5.74) is 1.57. The average molecular weight is 467 g/mol. The maximum Gasteiger partial charge on any atom is 0.253 e. The van der Waals surface area contributed by atoms with Crippen molar-refractivity contribution >= 4 is 34.7 Å². The second kappa shape index (κ2) is 8.97. The van der Waals surface area contributed by atoms with Crippen LogP contribution in [0.2, 0.25) is 0 Å². The third kappa shape index (κ3) is 3.92. The van der Waals surface area contributed by atoms with Crippen LogP contribution in [-0.2, 0) is 4.79 Å². The van der Waals surface area contributed by atoms with Crippen LogP contribution in [0.5, 0.6) is 5.75 Å². The van der Waals surface area contributed by atoms with E-state index in [1.807, 2.05) is 53.9 Å². The molecule has 1 aromatic carbocycles. The third-order valence-corrected chi connectivity index (χ3v) is 6.75. The van der Waals surface area contributed by atoms with Crippen molar-refractivity contribution in [3.8, 4) is 11.4 Å². The molecule has 0 radical (unpaired) electrons. The predicted octanol–water partition coefficient (Wildman–Crippen LogP) is 3.80. The van der Waals surface area contributed by atoms with Crippen LogP contribution in [0.4, 0.5) is 0 Å². The molecule has 0 N–H and O–H groups in total. The van der Waals surface area contributed by atoms with E-state index >= 15 is 0 Å². The molecule has 1 amide bonds. The number of hydrazone groups is 1. The van der Waals surface area contributed by atoms with E-state index in [1.54, 1.807) is 29.4 Å². The van der Waals surface area contributed by atoms with E-state index in [9.17, 15) is 4.79 Å². The quantitative estimate of drug-likeness (QED) is 0.382.